The minimum atomic E-state index is -3.08. The van der Waals surface area contributed by atoms with Crippen molar-refractivity contribution >= 4 is 17.8 Å². The Labute approximate surface area is 549 Å². The lowest BCUT2D eigenvalue weighted by molar-refractivity contribution is -0.386. The van der Waals surface area contributed by atoms with Gasteiger partial charge in [0.2, 0.25) is 11.8 Å². The van der Waals surface area contributed by atoms with Crippen LogP contribution in [0.3, 0.4) is 0 Å². The van der Waals surface area contributed by atoms with E-state index in [4.69, 9.17) is 28.4 Å². The van der Waals surface area contributed by atoms with Gasteiger partial charge in [-0.15, -0.1) is 0 Å². The van der Waals surface area contributed by atoms with Crippen LogP contribution in [0.5, 0.6) is 0 Å². The lowest BCUT2D eigenvalue weighted by atomic mass is 9.88. The zero-order valence-corrected chi connectivity index (χ0v) is 56.2. The molecule has 18 atom stereocenters. The van der Waals surface area contributed by atoms with Crippen LogP contribution >= 0.6 is 0 Å². The molecule has 92 heavy (non-hydrogen) atoms. The molecule has 0 bridgehead atoms. The maximum Gasteiger partial charge on any atom is 0.364 e. The third-order valence-corrected chi connectivity index (χ3v) is 18.1. The summed E-state index contributed by atoms with van der Waals surface area (Å²) in [5.74, 6) is -6.14. The number of aliphatic hydroxyl groups is 11. The first-order chi connectivity index (χ1) is 44.4. The van der Waals surface area contributed by atoms with Crippen molar-refractivity contribution in [2.24, 2.45) is 0 Å². The number of aliphatic hydroxyl groups excluding tert-OH is 11. The topological polar surface area (TPSA) is 373 Å². The summed E-state index contributed by atoms with van der Waals surface area (Å²) in [6, 6.07) is -2.62. The number of unbranched alkanes of at least 4 members (excludes halogenated alkanes) is 32. The van der Waals surface area contributed by atoms with Gasteiger partial charge in [-0.1, -0.05) is 218 Å². The molecular formula is C69H126N2O21. The summed E-state index contributed by atoms with van der Waals surface area (Å²) < 4.78 is 34.8. The van der Waals surface area contributed by atoms with Gasteiger partial charge in [0.15, 0.2) is 12.6 Å². The van der Waals surface area contributed by atoms with Gasteiger partial charge in [-0.25, -0.2) is 4.79 Å². The lowest BCUT2D eigenvalue weighted by Crippen LogP contribution is -2.70. The molecule has 0 spiro atoms. The molecule has 3 saturated heterocycles. The van der Waals surface area contributed by atoms with Gasteiger partial charge in [-0.2, -0.15) is 0 Å². The molecular weight excluding hydrogens is 1190 g/mol. The highest BCUT2D eigenvalue weighted by molar-refractivity contribution is 5.77. The number of rotatable bonds is 54. The predicted octanol–water partition coefficient (Wildman–Crippen LogP) is 6.84. The molecule has 3 heterocycles. The predicted molar refractivity (Wildman–Crippen MR) is 348 cm³/mol. The van der Waals surface area contributed by atoms with Gasteiger partial charge in [0.1, 0.15) is 67.1 Å². The summed E-state index contributed by atoms with van der Waals surface area (Å²) in [4.78, 5) is 38.5. The molecule has 3 rings (SSSR count). The number of hydrogen-bond donors (Lipinski definition) is 14. The van der Waals surface area contributed by atoms with Crippen LogP contribution < -0.4 is 10.6 Å². The van der Waals surface area contributed by atoms with Crippen molar-refractivity contribution in [3.63, 3.8) is 0 Å². The number of nitrogens with one attached hydrogen (secondary N) is 2. The van der Waals surface area contributed by atoms with E-state index >= 15 is 0 Å². The molecule has 0 aromatic heterocycles. The second-order valence-corrected chi connectivity index (χ2v) is 26.1. The molecule has 3 aliphatic heterocycles. The number of aliphatic carboxylic acids is 1. The molecule has 14 N–H and O–H groups in total. The Morgan fingerprint density at radius 1 is 0.565 bits per heavy atom. The number of ether oxygens (including phenoxy) is 6. The van der Waals surface area contributed by atoms with E-state index in [1.54, 1.807) is 6.08 Å². The van der Waals surface area contributed by atoms with E-state index in [-0.39, 0.29) is 12.3 Å². The van der Waals surface area contributed by atoms with Gasteiger partial charge in [-0.05, 0) is 44.9 Å². The van der Waals surface area contributed by atoms with Gasteiger partial charge >= 0.3 is 5.97 Å². The van der Waals surface area contributed by atoms with E-state index in [1.807, 2.05) is 6.08 Å². The number of carboxylic acids is 1. The Hall–Kier alpha value is -2.79. The van der Waals surface area contributed by atoms with Crippen molar-refractivity contribution in [3.8, 4) is 0 Å². The molecule has 3 aliphatic rings. The Morgan fingerprint density at radius 3 is 1.48 bits per heavy atom. The van der Waals surface area contributed by atoms with E-state index in [9.17, 15) is 75.7 Å². The quantitative estimate of drug-likeness (QED) is 0.0219. The van der Waals surface area contributed by atoms with E-state index < -0.39 is 155 Å². The Morgan fingerprint density at radius 2 is 1.02 bits per heavy atom. The fraction of sp³-hybridized carbons (Fsp3) is 0.899. The molecule has 0 aliphatic carbocycles. The summed E-state index contributed by atoms with van der Waals surface area (Å²) in [5, 5.41) is 136. The Balaban J connectivity index is 1.54. The van der Waals surface area contributed by atoms with Crippen molar-refractivity contribution in [2.75, 3.05) is 26.4 Å². The molecule has 0 aromatic rings. The summed E-state index contributed by atoms with van der Waals surface area (Å²) in [5.41, 5.74) is 0. The molecule has 23 nitrogen and oxygen atoms in total. The summed E-state index contributed by atoms with van der Waals surface area (Å²) in [7, 11) is 0. The standard InChI is InChI=1S/C69H126N2O21/c1-4-6-8-10-12-14-16-18-19-20-21-22-23-24-25-26-27-28-29-30-31-33-35-37-39-41-43-56(79)71-50(51(76)42-40-38-36-34-32-17-15-13-11-9-7-5-2)48-87-66-61(83)60(82)63(55(47-74)89-66)90-67-62(84)65(59(81)54(46-73)88-67)92-69(68(85)86)44-52(77)57(70-49(3)75)64(91-69)58(80)53(78)45-72/h24-25,40,42,50-55,57-67,72-74,76-78,80-84H,4-23,26-39,41,43-48H2,1-3H3,(H,70,75)(H,71,79)(H,85,86)/b25-24-,42-40+. The highest BCUT2D eigenvalue weighted by atomic mass is 16.8. The van der Waals surface area contributed by atoms with E-state index in [1.165, 1.54) is 161 Å². The first-order valence-corrected chi connectivity index (χ1v) is 35.7. The average Bonchev–Trinajstić information content (AvgIpc) is 0.765. The smallest absolute Gasteiger partial charge is 0.364 e. The molecule has 0 saturated carbocycles. The van der Waals surface area contributed by atoms with Crippen molar-refractivity contribution in [1.29, 1.82) is 0 Å². The summed E-state index contributed by atoms with van der Waals surface area (Å²) in [6.45, 7) is 2.13. The zero-order valence-electron chi connectivity index (χ0n) is 56.2. The number of allylic oxidation sites excluding steroid dienone is 3. The molecule has 2 amide bonds. The molecule has 23 heteroatoms. The monoisotopic (exact) mass is 1320 g/mol. The average molecular weight is 1320 g/mol. The third kappa shape index (κ3) is 31.6. The number of hydrogen-bond acceptors (Lipinski definition) is 20. The Kier molecular flexibility index (Phi) is 45.1. The van der Waals surface area contributed by atoms with Crippen LogP contribution in [0, 0.1) is 0 Å². The van der Waals surface area contributed by atoms with Crippen molar-refractivity contribution < 1.29 is 104 Å². The maximum absolute atomic E-state index is 13.4. The molecule has 538 valence electrons. The minimum Gasteiger partial charge on any atom is -0.477 e. The van der Waals surface area contributed by atoms with Gasteiger partial charge in [-0.3, -0.25) is 9.59 Å². The van der Waals surface area contributed by atoms with E-state index in [0.717, 1.165) is 58.3 Å². The van der Waals surface area contributed by atoms with Crippen LogP contribution in [-0.2, 0) is 42.8 Å². The largest absolute Gasteiger partial charge is 0.477 e. The second-order valence-electron chi connectivity index (χ2n) is 26.1. The van der Waals surface area contributed by atoms with E-state index in [2.05, 4.69) is 36.6 Å². The number of amides is 2. The van der Waals surface area contributed by atoms with Crippen LogP contribution in [0.1, 0.15) is 258 Å². The highest BCUT2D eigenvalue weighted by Gasteiger charge is 2.60. The van der Waals surface area contributed by atoms with Gasteiger partial charge < -0.3 is 100 Å². The molecule has 3 fully saturated rings. The lowest BCUT2D eigenvalue weighted by Gasteiger charge is -2.50. The summed E-state index contributed by atoms with van der Waals surface area (Å²) in [6.07, 6.45) is 21.0. The molecule has 0 radical (unpaired) electrons. The second kappa shape index (κ2) is 49.7. The van der Waals surface area contributed by atoms with Crippen LogP contribution in [-0.4, -0.2) is 215 Å². The number of carboxylic acid groups (broad SMARTS) is 1. The SMILES string of the molecule is CCCCCCCCCCCC/C=C/C(O)C(COC1OC(CO)C(OC2OC(CO)C(O)C(OC3(C(=O)O)CC(O)C(NC(C)=O)C(C(O)C(O)CO)O3)C2O)C(O)C1O)NC(=O)CCCCCCCCCCCC/C=C\CCCCCCCCCCCCCC. The van der Waals surface area contributed by atoms with Crippen LogP contribution in [0.15, 0.2) is 24.3 Å². The zero-order chi connectivity index (χ0) is 67.5. The number of carbonyl (C=O) groups excluding carboxylic acids is 2. The Bertz CT molecular complexity index is 1960. The normalized spacial score (nSPS) is 28.3. The van der Waals surface area contributed by atoms with Crippen molar-refractivity contribution in [3.05, 3.63) is 24.3 Å². The summed E-state index contributed by atoms with van der Waals surface area (Å²) >= 11 is 0. The molecule has 18 unspecified atom stereocenters. The minimum absolute atomic E-state index is 0.200. The van der Waals surface area contributed by atoms with Crippen LogP contribution in [0.25, 0.3) is 0 Å². The van der Waals surface area contributed by atoms with Gasteiger partial charge in [0.05, 0.1) is 50.7 Å². The van der Waals surface area contributed by atoms with E-state index in [0.29, 0.717) is 12.8 Å². The van der Waals surface area contributed by atoms with Crippen LogP contribution in [0.4, 0.5) is 0 Å². The third-order valence-electron chi connectivity index (χ3n) is 18.1. The highest BCUT2D eigenvalue weighted by Crippen LogP contribution is 2.39. The van der Waals surface area contributed by atoms with Crippen molar-refractivity contribution in [1.82, 2.24) is 10.6 Å². The first-order valence-electron chi connectivity index (χ1n) is 35.7. The number of carbonyl (C=O) groups is 3. The van der Waals surface area contributed by atoms with Crippen molar-refractivity contribution in [2.45, 2.75) is 368 Å². The fourth-order valence-corrected chi connectivity index (χ4v) is 12.4. The maximum atomic E-state index is 13.4. The van der Waals surface area contributed by atoms with Gasteiger partial charge in [0.25, 0.3) is 5.79 Å². The molecule has 0 aromatic carbocycles. The van der Waals surface area contributed by atoms with Gasteiger partial charge in [0, 0.05) is 19.8 Å². The first kappa shape index (κ1) is 83.4. The van der Waals surface area contributed by atoms with Crippen LogP contribution in [0.2, 0.25) is 0 Å². The fourth-order valence-electron chi connectivity index (χ4n) is 12.4.